The van der Waals surface area contributed by atoms with Crippen molar-refractivity contribution in [3.8, 4) is 0 Å². The lowest BCUT2D eigenvalue weighted by molar-refractivity contribution is 0.112. The molecule has 1 aromatic heterocycles. The van der Waals surface area contributed by atoms with Gasteiger partial charge in [-0.3, -0.25) is 9.69 Å². The molecular formula is C16H21N3O. The summed E-state index contributed by atoms with van der Waals surface area (Å²) in [4.78, 5) is 15.7. The molecule has 0 bridgehead atoms. The predicted molar refractivity (Wildman–Crippen MR) is 81.3 cm³/mol. The van der Waals surface area contributed by atoms with Gasteiger partial charge < -0.3 is 9.47 Å². The van der Waals surface area contributed by atoms with E-state index in [1.165, 1.54) is 5.52 Å². The van der Waals surface area contributed by atoms with Gasteiger partial charge in [-0.25, -0.2) is 0 Å². The van der Waals surface area contributed by atoms with Crippen LogP contribution in [0, 0.1) is 0 Å². The Morgan fingerprint density at radius 2 is 1.90 bits per heavy atom. The summed E-state index contributed by atoms with van der Waals surface area (Å²) >= 11 is 0. The molecule has 1 saturated heterocycles. The third-order valence-corrected chi connectivity index (χ3v) is 4.18. The Morgan fingerprint density at radius 3 is 2.65 bits per heavy atom. The minimum atomic E-state index is 0.745. The van der Waals surface area contributed by atoms with E-state index in [2.05, 4.69) is 33.7 Å². The standard InChI is InChI=1S/C16H21N3O/c1-17-6-8-18(9-7-17)10-11-19-5-4-15-12-14(13-20)2-3-16(15)19/h2-5,12-13H,6-11H2,1H3. The summed E-state index contributed by atoms with van der Waals surface area (Å²) < 4.78 is 2.28. The van der Waals surface area contributed by atoms with Gasteiger partial charge in [0.25, 0.3) is 0 Å². The van der Waals surface area contributed by atoms with E-state index < -0.39 is 0 Å². The second kappa shape index (κ2) is 5.77. The van der Waals surface area contributed by atoms with Gasteiger partial charge in [-0.1, -0.05) is 0 Å². The molecular weight excluding hydrogens is 250 g/mol. The van der Waals surface area contributed by atoms with Crippen molar-refractivity contribution in [3.63, 3.8) is 0 Å². The van der Waals surface area contributed by atoms with Crippen LogP contribution in [0.2, 0.25) is 0 Å². The average molecular weight is 271 g/mol. The highest BCUT2D eigenvalue weighted by Crippen LogP contribution is 2.17. The van der Waals surface area contributed by atoms with Crippen LogP contribution in [-0.2, 0) is 6.54 Å². The van der Waals surface area contributed by atoms with Gasteiger partial charge in [-0.05, 0) is 31.3 Å². The van der Waals surface area contributed by atoms with E-state index in [0.717, 1.165) is 56.5 Å². The Labute approximate surface area is 119 Å². The molecule has 0 unspecified atom stereocenters. The molecule has 0 saturated carbocycles. The number of fused-ring (bicyclic) bond motifs is 1. The molecule has 2 heterocycles. The first-order valence-electron chi connectivity index (χ1n) is 7.21. The minimum Gasteiger partial charge on any atom is -0.346 e. The lowest BCUT2D eigenvalue weighted by atomic mass is 10.2. The van der Waals surface area contributed by atoms with Crippen molar-refractivity contribution in [1.29, 1.82) is 0 Å². The van der Waals surface area contributed by atoms with Crippen LogP contribution in [0.15, 0.2) is 30.5 Å². The van der Waals surface area contributed by atoms with Crippen LogP contribution in [0.1, 0.15) is 10.4 Å². The van der Waals surface area contributed by atoms with Crippen LogP contribution in [0.4, 0.5) is 0 Å². The molecule has 0 spiro atoms. The van der Waals surface area contributed by atoms with E-state index in [9.17, 15) is 4.79 Å². The highest BCUT2D eigenvalue weighted by atomic mass is 16.1. The van der Waals surface area contributed by atoms with Crippen LogP contribution in [-0.4, -0.2) is 60.4 Å². The molecule has 0 atom stereocenters. The van der Waals surface area contributed by atoms with Gasteiger partial charge in [0.2, 0.25) is 0 Å². The average Bonchev–Trinajstić information content (AvgIpc) is 2.89. The fourth-order valence-corrected chi connectivity index (χ4v) is 2.81. The summed E-state index contributed by atoms with van der Waals surface area (Å²) in [6.07, 6.45) is 3.02. The molecule has 106 valence electrons. The topological polar surface area (TPSA) is 28.5 Å². The summed E-state index contributed by atoms with van der Waals surface area (Å²) in [5.74, 6) is 0. The Morgan fingerprint density at radius 1 is 1.10 bits per heavy atom. The Hall–Kier alpha value is -1.65. The summed E-state index contributed by atoms with van der Waals surface area (Å²) in [5.41, 5.74) is 1.96. The number of hydrogen-bond donors (Lipinski definition) is 0. The van der Waals surface area contributed by atoms with Crippen LogP contribution in [0.5, 0.6) is 0 Å². The van der Waals surface area contributed by atoms with E-state index in [1.807, 2.05) is 18.2 Å². The first kappa shape index (κ1) is 13.3. The zero-order valence-corrected chi connectivity index (χ0v) is 12.0. The van der Waals surface area contributed by atoms with Crippen molar-refractivity contribution >= 4 is 17.2 Å². The van der Waals surface area contributed by atoms with E-state index in [-0.39, 0.29) is 0 Å². The molecule has 4 heteroatoms. The van der Waals surface area contributed by atoms with Crippen molar-refractivity contribution < 1.29 is 4.79 Å². The molecule has 0 N–H and O–H groups in total. The number of aldehydes is 1. The summed E-state index contributed by atoms with van der Waals surface area (Å²) in [6, 6.07) is 7.98. The zero-order valence-electron chi connectivity index (χ0n) is 12.0. The number of piperazine rings is 1. The SMILES string of the molecule is CN1CCN(CCn2ccc3cc(C=O)ccc32)CC1. The quantitative estimate of drug-likeness (QED) is 0.793. The second-order valence-electron chi connectivity index (χ2n) is 5.59. The maximum absolute atomic E-state index is 10.8. The molecule has 4 nitrogen and oxygen atoms in total. The van der Waals surface area contributed by atoms with Crippen LogP contribution in [0.25, 0.3) is 10.9 Å². The second-order valence-corrected chi connectivity index (χ2v) is 5.59. The summed E-state index contributed by atoms with van der Waals surface area (Å²) in [7, 11) is 2.18. The number of carbonyl (C=O) groups excluding carboxylic acids is 1. The molecule has 0 radical (unpaired) electrons. The summed E-state index contributed by atoms with van der Waals surface area (Å²) in [5, 5.41) is 1.15. The molecule has 20 heavy (non-hydrogen) atoms. The van der Waals surface area contributed by atoms with E-state index >= 15 is 0 Å². The third kappa shape index (κ3) is 2.76. The third-order valence-electron chi connectivity index (χ3n) is 4.18. The molecule has 3 rings (SSSR count). The number of benzene rings is 1. The highest BCUT2D eigenvalue weighted by Gasteiger charge is 2.13. The van der Waals surface area contributed by atoms with Crippen molar-refractivity contribution in [2.75, 3.05) is 39.8 Å². The van der Waals surface area contributed by atoms with Gasteiger partial charge in [-0.15, -0.1) is 0 Å². The van der Waals surface area contributed by atoms with Gasteiger partial charge in [-0.2, -0.15) is 0 Å². The first-order valence-corrected chi connectivity index (χ1v) is 7.21. The predicted octanol–water partition coefficient (Wildman–Crippen LogP) is 1.70. The smallest absolute Gasteiger partial charge is 0.150 e. The number of aromatic nitrogens is 1. The monoisotopic (exact) mass is 271 g/mol. The molecule has 1 fully saturated rings. The zero-order chi connectivity index (χ0) is 13.9. The fourth-order valence-electron chi connectivity index (χ4n) is 2.81. The van der Waals surface area contributed by atoms with Crippen LogP contribution in [0.3, 0.4) is 0 Å². The number of carbonyl (C=O) groups is 1. The number of rotatable bonds is 4. The molecule has 0 aliphatic carbocycles. The van der Waals surface area contributed by atoms with Crippen molar-refractivity contribution in [1.82, 2.24) is 14.4 Å². The van der Waals surface area contributed by atoms with Crippen LogP contribution >= 0.6 is 0 Å². The van der Waals surface area contributed by atoms with Crippen LogP contribution < -0.4 is 0 Å². The summed E-state index contributed by atoms with van der Waals surface area (Å²) in [6.45, 7) is 6.74. The normalized spacial score (nSPS) is 17.6. The van der Waals surface area contributed by atoms with E-state index in [4.69, 9.17) is 0 Å². The highest BCUT2D eigenvalue weighted by molar-refractivity contribution is 5.87. The van der Waals surface area contributed by atoms with Crippen molar-refractivity contribution in [2.45, 2.75) is 6.54 Å². The number of nitrogens with zero attached hydrogens (tertiary/aromatic N) is 3. The Kier molecular flexibility index (Phi) is 3.85. The van der Waals surface area contributed by atoms with Gasteiger partial charge in [0.1, 0.15) is 6.29 Å². The Bertz CT molecular complexity index is 597. The maximum atomic E-state index is 10.8. The fraction of sp³-hybridized carbons (Fsp3) is 0.438. The number of likely N-dealkylation sites (N-methyl/N-ethyl adjacent to an activating group) is 1. The molecule has 1 aliphatic rings. The first-order chi connectivity index (χ1) is 9.76. The van der Waals surface area contributed by atoms with E-state index in [1.54, 1.807) is 0 Å². The maximum Gasteiger partial charge on any atom is 0.150 e. The van der Waals surface area contributed by atoms with Gasteiger partial charge >= 0.3 is 0 Å². The Balaban J connectivity index is 1.67. The molecule has 0 amide bonds. The lowest BCUT2D eigenvalue weighted by Gasteiger charge is -2.32. The van der Waals surface area contributed by atoms with E-state index in [0.29, 0.717) is 0 Å². The number of hydrogen-bond acceptors (Lipinski definition) is 3. The molecule has 1 aliphatic heterocycles. The van der Waals surface area contributed by atoms with Crippen molar-refractivity contribution in [3.05, 3.63) is 36.0 Å². The van der Waals surface area contributed by atoms with Crippen molar-refractivity contribution in [2.24, 2.45) is 0 Å². The molecule has 1 aromatic carbocycles. The van der Waals surface area contributed by atoms with Gasteiger partial charge in [0.15, 0.2) is 0 Å². The van der Waals surface area contributed by atoms with Gasteiger partial charge in [0.05, 0.1) is 0 Å². The lowest BCUT2D eigenvalue weighted by Crippen LogP contribution is -2.45. The van der Waals surface area contributed by atoms with Gasteiger partial charge in [0, 0.05) is 61.9 Å². The minimum absolute atomic E-state index is 0.745. The largest absolute Gasteiger partial charge is 0.346 e. The molecule has 2 aromatic rings.